The number of carbonyl (C=O) groups is 1. The lowest BCUT2D eigenvalue weighted by atomic mass is 10.3. The number of aromatic nitrogens is 1. The molecule has 1 N–H and O–H groups in total. The minimum absolute atomic E-state index is 0.0386. The van der Waals surface area contributed by atoms with Crippen molar-refractivity contribution in [3.05, 3.63) is 52.5 Å². The number of hydrogen-bond acceptors (Lipinski definition) is 4. The van der Waals surface area contributed by atoms with E-state index in [0.717, 1.165) is 44.8 Å². The molecule has 122 valence electrons. The van der Waals surface area contributed by atoms with Crippen molar-refractivity contribution in [3.63, 3.8) is 0 Å². The average Bonchev–Trinajstić information content (AvgIpc) is 3.09. The second-order valence-electron chi connectivity index (χ2n) is 5.65. The Bertz CT molecular complexity index is 594. The zero-order chi connectivity index (χ0) is 15.9. The first-order valence-corrected chi connectivity index (χ1v) is 8.86. The number of nitrogens with zero attached hydrogens (tertiary/aromatic N) is 3. The van der Waals surface area contributed by atoms with Crippen LogP contribution in [0.2, 0.25) is 0 Å². The van der Waals surface area contributed by atoms with Crippen LogP contribution < -0.4 is 5.32 Å². The van der Waals surface area contributed by atoms with Crippen LogP contribution in [-0.2, 0) is 13.0 Å². The molecule has 0 atom stereocenters. The smallest absolute Gasteiger partial charge is 0.317 e. The van der Waals surface area contributed by atoms with Gasteiger partial charge in [0.05, 0.1) is 0 Å². The van der Waals surface area contributed by atoms with Gasteiger partial charge in [-0.25, -0.2) is 4.79 Å². The molecule has 1 aliphatic rings. The second kappa shape index (κ2) is 8.08. The molecule has 2 amide bonds. The van der Waals surface area contributed by atoms with Crippen molar-refractivity contribution in [1.82, 2.24) is 20.1 Å². The van der Waals surface area contributed by atoms with Gasteiger partial charge in [-0.1, -0.05) is 12.1 Å². The van der Waals surface area contributed by atoms with Gasteiger partial charge in [-0.15, -0.1) is 11.3 Å². The summed E-state index contributed by atoms with van der Waals surface area (Å²) >= 11 is 1.79. The molecule has 1 fully saturated rings. The van der Waals surface area contributed by atoms with Gasteiger partial charge >= 0.3 is 6.03 Å². The minimum Gasteiger partial charge on any atom is -0.338 e. The summed E-state index contributed by atoms with van der Waals surface area (Å²) in [5.41, 5.74) is 1.01. The van der Waals surface area contributed by atoms with E-state index in [1.165, 1.54) is 4.88 Å². The van der Waals surface area contributed by atoms with Gasteiger partial charge in [-0.2, -0.15) is 0 Å². The molecule has 0 aromatic carbocycles. The van der Waals surface area contributed by atoms with Crippen molar-refractivity contribution in [2.75, 3.05) is 32.7 Å². The van der Waals surface area contributed by atoms with Gasteiger partial charge < -0.3 is 10.2 Å². The summed E-state index contributed by atoms with van der Waals surface area (Å²) in [4.78, 5) is 22.2. The fourth-order valence-corrected chi connectivity index (χ4v) is 3.43. The Hall–Kier alpha value is -1.92. The van der Waals surface area contributed by atoms with Gasteiger partial charge in [0, 0.05) is 62.5 Å². The number of carbonyl (C=O) groups excluding carboxylic acids is 1. The summed E-state index contributed by atoms with van der Waals surface area (Å²) in [6.45, 7) is 5.08. The highest BCUT2D eigenvalue weighted by Crippen LogP contribution is 2.13. The molecule has 2 aromatic rings. The summed E-state index contributed by atoms with van der Waals surface area (Å²) < 4.78 is 0. The number of amides is 2. The summed E-state index contributed by atoms with van der Waals surface area (Å²) in [5, 5.41) is 5.10. The van der Waals surface area contributed by atoms with Crippen LogP contribution >= 0.6 is 11.3 Å². The van der Waals surface area contributed by atoms with Gasteiger partial charge in [0.2, 0.25) is 0 Å². The van der Waals surface area contributed by atoms with Gasteiger partial charge in [0.25, 0.3) is 0 Å². The Morgan fingerprint density at radius 2 is 2.04 bits per heavy atom. The fraction of sp³-hybridized carbons (Fsp3) is 0.412. The fourth-order valence-electron chi connectivity index (χ4n) is 2.69. The molecule has 0 bridgehead atoms. The van der Waals surface area contributed by atoms with Crippen LogP contribution in [0.4, 0.5) is 4.79 Å². The molecule has 0 spiro atoms. The SMILES string of the molecule is O=C(NCCc1ccccn1)N1CCN(Cc2cccs2)CC1. The molecule has 5 nitrogen and oxygen atoms in total. The van der Waals surface area contributed by atoms with E-state index in [1.807, 2.05) is 23.1 Å². The molecule has 0 radical (unpaired) electrons. The van der Waals surface area contributed by atoms with Crippen LogP contribution in [0.5, 0.6) is 0 Å². The molecule has 0 saturated carbocycles. The maximum Gasteiger partial charge on any atom is 0.317 e. The third-order valence-corrected chi connectivity index (χ3v) is 4.86. The first kappa shape index (κ1) is 16.0. The highest BCUT2D eigenvalue weighted by Gasteiger charge is 2.20. The number of urea groups is 1. The van der Waals surface area contributed by atoms with E-state index in [9.17, 15) is 4.79 Å². The maximum atomic E-state index is 12.2. The van der Waals surface area contributed by atoms with Gasteiger partial charge in [0.1, 0.15) is 0 Å². The van der Waals surface area contributed by atoms with E-state index >= 15 is 0 Å². The van der Waals surface area contributed by atoms with Crippen molar-refractivity contribution < 1.29 is 4.79 Å². The Morgan fingerprint density at radius 1 is 1.17 bits per heavy atom. The Morgan fingerprint density at radius 3 is 2.74 bits per heavy atom. The summed E-state index contributed by atoms with van der Waals surface area (Å²) in [5.74, 6) is 0. The van der Waals surface area contributed by atoms with E-state index < -0.39 is 0 Å². The zero-order valence-electron chi connectivity index (χ0n) is 13.1. The first-order valence-electron chi connectivity index (χ1n) is 7.99. The van der Waals surface area contributed by atoms with Crippen LogP contribution in [0.3, 0.4) is 0 Å². The van der Waals surface area contributed by atoms with E-state index in [2.05, 4.69) is 32.7 Å². The average molecular weight is 330 g/mol. The van der Waals surface area contributed by atoms with E-state index in [-0.39, 0.29) is 6.03 Å². The molecule has 2 aromatic heterocycles. The van der Waals surface area contributed by atoms with Gasteiger partial charge in [0.15, 0.2) is 0 Å². The Balaban J connectivity index is 1.36. The highest BCUT2D eigenvalue weighted by atomic mass is 32.1. The first-order chi connectivity index (χ1) is 11.3. The second-order valence-corrected chi connectivity index (χ2v) is 6.68. The molecule has 1 saturated heterocycles. The van der Waals surface area contributed by atoms with Crippen molar-refractivity contribution in [3.8, 4) is 0 Å². The van der Waals surface area contributed by atoms with Crippen LogP contribution in [0.25, 0.3) is 0 Å². The highest BCUT2D eigenvalue weighted by molar-refractivity contribution is 7.09. The number of pyridine rings is 1. The standard InChI is InChI=1S/C17H22N4OS/c22-17(19-8-6-15-4-1-2-7-18-15)21-11-9-20(10-12-21)14-16-5-3-13-23-16/h1-5,7,13H,6,8-12,14H2,(H,19,22). The molecule has 23 heavy (non-hydrogen) atoms. The maximum absolute atomic E-state index is 12.2. The van der Waals surface area contributed by atoms with Crippen LogP contribution in [0.1, 0.15) is 10.6 Å². The van der Waals surface area contributed by atoms with Crippen LogP contribution in [0.15, 0.2) is 41.9 Å². The lowest BCUT2D eigenvalue weighted by Crippen LogP contribution is -2.51. The van der Waals surface area contributed by atoms with Gasteiger partial charge in [-0.05, 0) is 23.6 Å². The lowest BCUT2D eigenvalue weighted by molar-refractivity contribution is 0.136. The van der Waals surface area contributed by atoms with Crippen molar-refractivity contribution in [1.29, 1.82) is 0 Å². The predicted octanol–water partition coefficient (Wildman–Crippen LogP) is 2.21. The van der Waals surface area contributed by atoms with Crippen LogP contribution in [0, 0.1) is 0 Å². The van der Waals surface area contributed by atoms with E-state index in [0.29, 0.717) is 6.54 Å². The largest absolute Gasteiger partial charge is 0.338 e. The lowest BCUT2D eigenvalue weighted by Gasteiger charge is -2.34. The summed E-state index contributed by atoms with van der Waals surface area (Å²) in [6.07, 6.45) is 2.55. The normalized spacial score (nSPS) is 15.6. The number of hydrogen-bond donors (Lipinski definition) is 1. The van der Waals surface area contributed by atoms with E-state index in [4.69, 9.17) is 0 Å². The van der Waals surface area contributed by atoms with Crippen molar-refractivity contribution >= 4 is 17.4 Å². The molecule has 0 aliphatic carbocycles. The third kappa shape index (κ3) is 4.77. The Kier molecular flexibility index (Phi) is 5.60. The summed E-state index contributed by atoms with van der Waals surface area (Å²) in [7, 11) is 0. The molecule has 1 aliphatic heterocycles. The zero-order valence-corrected chi connectivity index (χ0v) is 14.0. The number of nitrogens with one attached hydrogen (secondary N) is 1. The van der Waals surface area contributed by atoms with Crippen LogP contribution in [-0.4, -0.2) is 53.5 Å². The molecule has 3 heterocycles. The number of piperazine rings is 1. The Labute approximate surface area is 140 Å². The monoisotopic (exact) mass is 330 g/mol. The third-order valence-electron chi connectivity index (χ3n) is 4.00. The molecule has 0 unspecified atom stereocenters. The van der Waals surface area contributed by atoms with E-state index in [1.54, 1.807) is 17.5 Å². The topological polar surface area (TPSA) is 48.5 Å². The van der Waals surface area contributed by atoms with Crippen molar-refractivity contribution in [2.24, 2.45) is 0 Å². The van der Waals surface area contributed by atoms with Gasteiger partial charge in [-0.3, -0.25) is 9.88 Å². The quantitative estimate of drug-likeness (QED) is 0.914. The summed E-state index contributed by atoms with van der Waals surface area (Å²) in [6, 6.07) is 10.1. The molecular formula is C17H22N4OS. The minimum atomic E-state index is 0.0386. The van der Waals surface area contributed by atoms with Crippen molar-refractivity contribution in [2.45, 2.75) is 13.0 Å². The predicted molar refractivity (Wildman–Crippen MR) is 92.5 cm³/mol. The molecule has 6 heteroatoms. The molecule has 3 rings (SSSR count). The number of rotatable bonds is 5. The number of thiophene rings is 1. The molecular weight excluding hydrogens is 308 g/mol.